The first-order valence-electron chi connectivity index (χ1n) is 11.5. The highest BCUT2D eigenvalue weighted by Crippen LogP contribution is 2.36. The van der Waals surface area contributed by atoms with E-state index in [1.165, 1.54) is 37.1 Å². The molecule has 172 valence electrons. The lowest BCUT2D eigenvalue weighted by atomic mass is 10.0. The lowest BCUT2D eigenvalue weighted by Crippen LogP contribution is -2.45. The molecule has 1 atom stereocenters. The molecule has 1 heterocycles. The van der Waals surface area contributed by atoms with Gasteiger partial charge in [0.2, 0.25) is 0 Å². The van der Waals surface area contributed by atoms with Crippen molar-refractivity contribution in [1.82, 2.24) is 4.90 Å². The molecule has 1 unspecified atom stereocenters. The third-order valence-electron chi connectivity index (χ3n) is 6.94. The molecule has 4 rings (SSSR count). The molecule has 0 radical (unpaired) electrons. The number of rotatable bonds is 8. The molecule has 1 aliphatic heterocycles. The predicted octanol–water partition coefficient (Wildman–Crippen LogP) is 3.88. The number of nitrogens with zero attached hydrogens (tertiary/aromatic N) is 1. The molecule has 2 fully saturated rings. The number of likely N-dealkylation sites (tertiary alicyclic amines) is 1. The predicted molar refractivity (Wildman–Crippen MR) is 125 cm³/mol. The second-order valence-corrected chi connectivity index (χ2v) is 10.6. The number of amides is 1. The summed E-state index contributed by atoms with van der Waals surface area (Å²) in [7, 11) is -4.08. The van der Waals surface area contributed by atoms with Crippen LogP contribution in [-0.4, -0.2) is 44.0 Å². The Balaban J connectivity index is 1.42. The van der Waals surface area contributed by atoms with Gasteiger partial charge in [-0.2, -0.15) is 8.42 Å². The first kappa shape index (κ1) is 23.0. The minimum absolute atomic E-state index is 0.0325. The van der Waals surface area contributed by atoms with Gasteiger partial charge < -0.3 is 10.6 Å². The maximum Gasteiger partial charge on any atom is 0.298 e. The maximum absolute atomic E-state index is 12.8. The van der Waals surface area contributed by atoms with Crippen molar-refractivity contribution in [1.29, 1.82) is 0 Å². The number of hydrogen-bond donors (Lipinski definition) is 1. The lowest BCUT2D eigenvalue weighted by molar-refractivity contribution is -0.132. The highest BCUT2D eigenvalue weighted by molar-refractivity contribution is 7.86. The maximum atomic E-state index is 12.8. The van der Waals surface area contributed by atoms with Crippen LogP contribution in [0.1, 0.15) is 51.0 Å². The van der Waals surface area contributed by atoms with Crippen molar-refractivity contribution in [3.8, 4) is 11.1 Å². The second-order valence-electron chi connectivity index (χ2n) is 9.10. The molecule has 7 heteroatoms. The zero-order valence-corrected chi connectivity index (χ0v) is 19.4. The molecule has 2 aliphatic rings. The molecule has 1 saturated heterocycles. The summed E-state index contributed by atoms with van der Waals surface area (Å²) in [5.74, 6) is -0.713. The van der Waals surface area contributed by atoms with Gasteiger partial charge in [0.25, 0.3) is 16.0 Å². The Hall–Kier alpha value is -2.22. The summed E-state index contributed by atoms with van der Waals surface area (Å²) in [4.78, 5) is 14.4. The Labute approximate surface area is 190 Å². The van der Waals surface area contributed by atoms with E-state index < -0.39 is 21.6 Å². The van der Waals surface area contributed by atoms with Crippen LogP contribution in [0.4, 0.5) is 0 Å². The standard InChI is InChI=1S/C25H32N2O4S/c1-19-5-4-17-27(19)18-14-20-6-8-21(9-7-20)22-10-12-23(13-11-22)32(29,30)31-25(24(26)28)15-2-3-16-25/h6-13,19H,2-5,14-18H2,1H3,(H2,26,28). The summed E-state index contributed by atoms with van der Waals surface area (Å²) in [6.07, 6.45) is 5.74. The van der Waals surface area contributed by atoms with Gasteiger partial charge in [-0.1, -0.05) is 36.4 Å². The van der Waals surface area contributed by atoms with Crippen LogP contribution in [0.25, 0.3) is 11.1 Å². The zero-order valence-electron chi connectivity index (χ0n) is 18.6. The topological polar surface area (TPSA) is 89.7 Å². The fraction of sp³-hybridized carbons (Fsp3) is 0.480. The molecule has 1 amide bonds. The SMILES string of the molecule is CC1CCCN1CCc1ccc(-c2ccc(S(=O)(=O)OC3(C(N)=O)CCCC3)cc2)cc1. The first-order valence-corrected chi connectivity index (χ1v) is 12.9. The summed E-state index contributed by atoms with van der Waals surface area (Å²) >= 11 is 0. The third kappa shape index (κ3) is 4.90. The average molecular weight is 457 g/mol. The largest absolute Gasteiger partial charge is 0.367 e. The number of benzene rings is 2. The fourth-order valence-corrected chi connectivity index (χ4v) is 6.09. The molecule has 0 bridgehead atoms. The molecule has 0 spiro atoms. The molecule has 2 aromatic rings. The van der Waals surface area contributed by atoms with Crippen molar-refractivity contribution >= 4 is 16.0 Å². The number of primary amides is 1. The molecular formula is C25H32N2O4S. The van der Waals surface area contributed by atoms with Gasteiger partial charge in [-0.25, -0.2) is 4.18 Å². The van der Waals surface area contributed by atoms with Crippen molar-refractivity contribution in [3.63, 3.8) is 0 Å². The Kier molecular flexibility index (Phi) is 6.70. The monoisotopic (exact) mass is 456 g/mol. The molecule has 0 aromatic heterocycles. The van der Waals surface area contributed by atoms with E-state index in [2.05, 4.69) is 36.1 Å². The van der Waals surface area contributed by atoms with E-state index in [0.717, 1.165) is 36.9 Å². The van der Waals surface area contributed by atoms with Gasteiger partial charge in [-0.05, 0) is 87.2 Å². The number of hydrogen-bond acceptors (Lipinski definition) is 5. The van der Waals surface area contributed by atoms with E-state index >= 15 is 0 Å². The van der Waals surface area contributed by atoms with Crippen LogP contribution in [0, 0.1) is 0 Å². The van der Waals surface area contributed by atoms with Gasteiger partial charge in [0.1, 0.15) is 0 Å². The highest BCUT2D eigenvalue weighted by atomic mass is 32.2. The summed E-state index contributed by atoms with van der Waals surface area (Å²) in [6.45, 7) is 4.57. The molecule has 6 nitrogen and oxygen atoms in total. The summed E-state index contributed by atoms with van der Waals surface area (Å²) in [6, 6.07) is 15.7. The smallest absolute Gasteiger partial charge is 0.298 e. The number of nitrogens with two attached hydrogens (primary N) is 1. The van der Waals surface area contributed by atoms with Crippen LogP contribution < -0.4 is 5.73 Å². The van der Waals surface area contributed by atoms with Crippen molar-refractivity contribution in [2.45, 2.75) is 68.4 Å². The Morgan fingerprint density at radius 2 is 1.62 bits per heavy atom. The van der Waals surface area contributed by atoms with Crippen LogP contribution >= 0.6 is 0 Å². The van der Waals surface area contributed by atoms with E-state index in [0.29, 0.717) is 18.9 Å². The quantitative estimate of drug-likeness (QED) is 0.609. The van der Waals surface area contributed by atoms with E-state index in [4.69, 9.17) is 9.92 Å². The molecule has 32 heavy (non-hydrogen) atoms. The van der Waals surface area contributed by atoms with Crippen molar-refractivity contribution in [3.05, 3.63) is 54.1 Å². The van der Waals surface area contributed by atoms with Gasteiger partial charge in [-0.3, -0.25) is 4.79 Å². The van der Waals surface area contributed by atoms with Crippen LogP contribution in [-0.2, 0) is 25.5 Å². The van der Waals surface area contributed by atoms with Crippen molar-refractivity contribution in [2.75, 3.05) is 13.1 Å². The summed E-state index contributed by atoms with van der Waals surface area (Å²) in [5.41, 5.74) is 7.30. The van der Waals surface area contributed by atoms with Crippen LogP contribution in [0.2, 0.25) is 0 Å². The second kappa shape index (κ2) is 9.33. The fourth-order valence-electron chi connectivity index (χ4n) is 4.85. The summed E-state index contributed by atoms with van der Waals surface area (Å²) < 4.78 is 30.9. The molecule has 1 aliphatic carbocycles. The van der Waals surface area contributed by atoms with Gasteiger partial charge in [0.15, 0.2) is 5.60 Å². The van der Waals surface area contributed by atoms with Crippen LogP contribution in [0.5, 0.6) is 0 Å². The minimum atomic E-state index is -4.08. The number of carbonyl (C=O) groups excluding carboxylic acids is 1. The molecule has 1 saturated carbocycles. The van der Waals surface area contributed by atoms with E-state index in [1.54, 1.807) is 12.1 Å². The lowest BCUT2D eigenvalue weighted by Gasteiger charge is -2.24. The van der Waals surface area contributed by atoms with Gasteiger partial charge in [-0.15, -0.1) is 0 Å². The van der Waals surface area contributed by atoms with E-state index in [1.807, 2.05) is 0 Å². The minimum Gasteiger partial charge on any atom is -0.367 e. The Bertz CT molecular complexity index is 1040. The summed E-state index contributed by atoms with van der Waals surface area (Å²) in [5, 5.41) is 0. The van der Waals surface area contributed by atoms with Gasteiger partial charge in [0, 0.05) is 12.6 Å². The normalized spacial score (nSPS) is 21.1. The van der Waals surface area contributed by atoms with Crippen molar-refractivity contribution in [2.24, 2.45) is 5.73 Å². The van der Waals surface area contributed by atoms with Gasteiger partial charge in [0.05, 0.1) is 4.90 Å². The van der Waals surface area contributed by atoms with Gasteiger partial charge >= 0.3 is 0 Å². The van der Waals surface area contributed by atoms with Crippen LogP contribution in [0.3, 0.4) is 0 Å². The zero-order chi connectivity index (χ0) is 22.8. The number of carbonyl (C=O) groups is 1. The molecule has 2 aromatic carbocycles. The van der Waals surface area contributed by atoms with Crippen molar-refractivity contribution < 1.29 is 17.4 Å². The molecule has 2 N–H and O–H groups in total. The van der Waals surface area contributed by atoms with Crippen LogP contribution in [0.15, 0.2) is 53.4 Å². The molecular weight excluding hydrogens is 424 g/mol. The average Bonchev–Trinajstić information content (AvgIpc) is 3.42. The first-order chi connectivity index (χ1) is 15.3. The Morgan fingerprint density at radius 1 is 1.03 bits per heavy atom. The Morgan fingerprint density at radius 3 is 2.16 bits per heavy atom. The highest BCUT2D eigenvalue weighted by Gasteiger charge is 2.45. The third-order valence-corrected chi connectivity index (χ3v) is 8.33. The van der Waals surface area contributed by atoms with E-state index in [-0.39, 0.29) is 4.90 Å². The van der Waals surface area contributed by atoms with E-state index in [9.17, 15) is 13.2 Å².